The Morgan fingerprint density at radius 1 is 1.22 bits per heavy atom. The summed E-state index contributed by atoms with van der Waals surface area (Å²) in [4.78, 5) is 14.5. The van der Waals surface area contributed by atoms with Crippen LogP contribution in [0.4, 0.5) is 0 Å². The normalized spacial score (nSPS) is 15.0. The molecule has 0 spiro atoms. The lowest BCUT2D eigenvalue weighted by atomic mass is 10.0. The van der Waals surface area contributed by atoms with Crippen LogP contribution in [0.5, 0.6) is 11.5 Å². The molecule has 0 N–H and O–H groups in total. The van der Waals surface area contributed by atoms with Crippen LogP contribution in [0, 0.1) is 13.8 Å². The van der Waals surface area contributed by atoms with Gasteiger partial charge in [0.25, 0.3) is 0 Å². The Balaban J connectivity index is 1.48. The van der Waals surface area contributed by atoms with Gasteiger partial charge in [0.2, 0.25) is 5.91 Å². The van der Waals surface area contributed by atoms with Crippen molar-refractivity contribution in [1.29, 1.82) is 0 Å². The number of para-hydroxylation sites is 2. The van der Waals surface area contributed by atoms with Crippen LogP contribution in [0.1, 0.15) is 43.2 Å². The number of piperidine rings is 1. The first-order valence-electron chi connectivity index (χ1n) is 9.66. The predicted molar refractivity (Wildman–Crippen MR) is 102 cm³/mol. The van der Waals surface area contributed by atoms with Crippen LogP contribution >= 0.6 is 0 Å². The van der Waals surface area contributed by atoms with Crippen LogP contribution in [-0.2, 0) is 11.2 Å². The standard InChI is InChI=1S/C21H28N2O4/c1-4-25-19-7-5-6-8-20(19)26-17-11-13-23(14-12-17)21(24)10-9-18-15(2)22-27-16(18)3/h5-8,17H,4,9-14H2,1-3H3. The van der Waals surface area contributed by atoms with Crippen molar-refractivity contribution in [2.45, 2.75) is 52.6 Å². The van der Waals surface area contributed by atoms with Crippen molar-refractivity contribution >= 4 is 5.91 Å². The number of aromatic nitrogens is 1. The molecule has 1 aliphatic heterocycles. The molecule has 6 heteroatoms. The molecule has 0 radical (unpaired) electrons. The molecule has 0 aliphatic carbocycles. The molecule has 1 saturated heterocycles. The predicted octanol–water partition coefficient (Wildman–Crippen LogP) is 3.69. The third-order valence-corrected chi connectivity index (χ3v) is 5.01. The Hall–Kier alpha value is -2.50. The molecule has 1 aliphatic rings. The third-order valence-electron chi connectivity index (χ3n) is 5.01. The SMILES string of the molecule is CCOc1ccccc1OC1CCN(C(=O)CCc2c(C)noc2C)CC1. The van der Waals surface area contributed by atoms with Crippen molar-refractivity contribution < 1.29 is 18.8 Å². The van der Waals surface area contributed by atoms with Gasteiger partial charge in [0.15, 0.2) is 11.5 Å². The number of ether oxygens (including phenoxy) is 2. The first-order chi connectivity index (χ1) is 13.1. The van der Waals surface area contributed by atoms with Gasteiger partial charge in [-0.2, -0.15) is 0 Å². The van der Waals surface area contributed by atoms with Gasteiger partial charge in [0.1, 0.15) is 11.9 Å². The summed E-state index contributed by atoms with van der Waals surface area (Å²) in [6, 6.07) is 7.75. The molecule has 1 aromatic carbocycles. The lowest BCUT2D eigenvalue weighted by Crippen LogP contribution is -2.41. The number of nitrogens with zero attached hydrogens (tertiary/aromatic N) is 2. The maximum Gasteiger partial charge on any atom is 0.222 e. The van der Waals surface area contributed by atoms with Crippen molar-refractivity contribution in [3.05, 3.63) is 41.3 Å². The van der Waals surface area contributed by atoms with Crippen molar-refractivity contribution in [3.63, 3.8) is 0 Å². The average Bonchev–Trinajstić information content (AvgIpc) is 3.00. The van der Waals surface area contributed by atoms with Crippen molar-refractivity contribution in [2.24, 2.45) is 0 Å². The summed E-state index contributed by atoms with van der Waals surface area (Å²) in [6.07, 6.45) is 2.94. The first-order valence-corrected chi connectivity index (χ1v) is 9.66. The van der Waals surface area contributed by atoms with Gasteiger partial charge in [-0.25, -0.2) is 0 Å². The van der Waals surface area contributed by atoms with E-state index >= 15 is 0 Å². The van der Waals surface area contributed by atoms with Crippen LogP contribution in [-0.4, -0.2) is 41.8 Å². The third kappa shape index (κ3) is 4.81. The van der Waals surface area contributed by atoms with E-state index in [-0.39, 0.29) is 12.0 Å². The van der Waals surface area contributed by atoms with Gasteiger partial charge in [-0.05, 0) is 39.3 Å². The molecule has 1 amide bonds. The molecular formula is C21H28N2O4. The number of benzene rings is 1. The Morgan fingerprint density at radius 2 is 1.93 bits per heavy atom. The molecule has 0 atom stereocenters. The Bertz CT molecular complexity index is 744. The molecule has 6 nitrogen and oxygen atoms in total. The average molecular weight is 372 g/mol. The Morgan fingerprint density at radius 3 is 2.56 bits per heavy atom. The lowest BCUT2D eigenvalue weighted by molar-refractivity contribution is -0.132. The monoisotopic (exact) mass is 372 g/mol. The second-order valence-electron chi connectivity index (χ2n) is 6.88. The minimum atomic E-state index is 0.109. The van der Waals surface area contributed by atoms with Gasteiger partial charge in [-0.3, -0.25) is 4.79 Å². The van der Waals surface area contributed by atoms with E-state index in [2.05, 4.69) is 5.16 Å². The van der Waals surface area contributed by atoms with Crippen molar-refractivity contribution in [3.8, 4) is 11.5 Å². The number of hydrogen-bond acceptors (Lipinski definition) is 5. The van der Waals surface area contributed by atoms with Gasteiger partial charge in [0.05, 0.1) is 12.3 Å². The van der Waals surface area contributed by atoms with Gasteiger partial charge in [-0.1, -0.05) is 17.3 Å². The van der Waals surface area contributed by atoms with Gasteiger partial charge in [-0.15, -0.1) is 0 Å². The highest BCUT2D eigenvalue weighted by Crippen LogP contribution is 2.29. The minimum Gasteiger partial charge on any atom is -0.490 e. The summed E-state index contributed by atoms with van der Waals surface area (Å²) in [5.74, 6) is 2.55. The van der Waals surface area contributed by atoms with Gasteiger partial charge in [0, 0.05) is 37.9 Å². The summed E-state index contributed by atoms with van der Waals surface area (Å²) in [6.45, 7) is 7.83. The molecule has 146 valence electrons. The minimum absolute atomic E-state index is 0.109. The fourth-order valence-corrected chi connectivity index (χ4v) is 3.47. The zero-order chi connectivity index (χ0) is 19.2. The van der Waals surface area contributed by atoms with Crippen LogP contribution < -0.4 is 9.47 Å². The van der Waals surface area contributed by atoms with E-state index in [1.165, 1.54) is 0 Å². The Labute approximate surface area is 160 Å². The molecule has 1 aromatic heterocycles. The zero-order valence-electron chi connectivity index (χ0n) is 16.4. The van der Waals surface area contributed by atoms with E-state index in [1.54, 1.807) is 0 Å². The number of hydrogen-bond donors (Lipinski definition) is 0. The quantitative estimate of drug-likeness (QED) is 0.742. The van der Waals surface area contributed by atoms with E-state index < -0.39 is 0 Å². The molecule has 0 saturated carbocycles. The summed E-state index contributed by atoms with van der Waals surface area (Å²) < 4.78 is 16.9. The Kier molecular flexibility index (Phi) is 6.37. The van der Waals surface area contributed by atoms with Gasteiger partial charge >= 0.3 is 0 Å². The number of rotatable bonds is 7. The largest absolute Gasteiger partial charge is 0.490 e. The van der Waals surface area contributed by atoms with Crippen LogP contribution in [0.3, 0.4) is 0 Å². The highest BCUT2D eigenvalue weighted by Gasteiger charge is 2.25. The summed E-state index contributed by atoms with van der Waals surface area (Å²) >= 11 is 0. The van der Waals surface area contributed by atoms with Crippen molar-refractivity contribution in [2.75, 3.05) is 19.7 Å². The maximum absolute atomic E-state index is 12.5. The first kappa shape index (κ1) is 19.3. The fraction of sp³-hybridized carbons (Fsp3) is 0.524. The summed E-state index contributed by atoms with van der Waals surface area (Å²) in [5.41, 5.74) is 1.93. The van der Waals surface area contributed by atoms with Crippen LogP contribution in [0.25, 0.3) is 0 Å². The van der Waals surface area contributed by atoms with E-state index in [0.29, 0.717) is 19.4 Å². The molecule has 27 heavy (non-hydrogen) atoms. The topological polar surface area (TPSA) is 64.8 Å². The highest BCUT2D eigenvalue weighted by molar-refractivity contribution is 5.76. The number of likely N-dealkylation sites (tertiary alicyclic amines) is 1. The lowest BCUT2D eigenvalue weighted by Gasteiger charge is -2.32. The van der Waals surface area contributed by atoms with Crippen molar-refractivity contribution in [1.82, 2.24) is 10.1 Å². The molecule has 2 aromatic rings. The summed E-state index contributed by atoms with van der Waals surface area (Å²) in [7, 11) is 0. The molecule has 2 heterocycles. The molecule has 0 unspecified atom stereocenters. The zero-order valence-corrected chi connectivity index (χ0v) is 16.4. The number of carbonyl (C=O) groups excluding carboxylic acids is 1. The second-order valence-corrected chi connectivity index (χ2v) is 6.88. The second kappa shape index (κ2) is 8.93. The number of carbonyl (C=O) groups is 1. The molecule has 0 bridgehead atoms. The summed E-state index contributed by atoms with van der Waals surface area (Å²) in [5, 5.41) is 3.95. The number of aryl methyl sites for hydroxylation is 2. The smallest absolute Gasteiger partial charge is 0.222 e. The maximum atomic E-state index is 12.5. The van der Waals surface area contributed by atoms with Gasteiger partial charge < -0.3 is 18.9 Å². The van der Waals surface area contributed by atoms with Crippen LogP contribution in [0.2, 0.25) is 0 Å². The molecule has 1 fully saturated rings. The number of amides is 1. The highest BCUT2D eigenvalue weighted by atomic mass is 16.5. The van der Waals surface area contributed by atoms with E-state index in [4.69, 9.17) is 14.0 Å². The molecular weight excluding hydrogens is 344 g/mol. The van der Waals surface area contributed by atoms with Crippen LogP contribution in [0.15, 0.2) is 28.8 Å². The molecule has 3 rings (SSSR count). The van der Waals surface area contributed by atoms with E-state index in [0.717, 1.165) is 54.4 Å². The fourth-order valence-electron chi connectivity index (χ4n) is 3.47. The van der Waals surface area contributed by atoms with E-state index in [9.17, 15) is 4.79 Å². The van der Waals surface area contributed by atoms with E-state index in [1.807, 2.05) is 49.9 Å².